The van der Waals surface area contributed by atoms with Crippen LogP contribution in [0.15, 0.2) is 0 Å². The van der Waals surface area contributed by atoms with Crippen molar-refractivity contribution in [3.8, 4) is 0 Å². The molecule has 0 heterocycles. The summed E-state index contributed by atoms with van der Waals surface area (Å²) in [7, 11) is 0. The topological polar surface area (TPSA) is 69.6 Å². The molecular weight excluding hydrogens is 134 g/mol. The predicted molar refractivity (Wildman–Crippen MR) is 36.8 cm³/mol. The number of hydrogen-bond acceptors (Lipinski definition) is 3. The summed E-state index contributed by atoms with van der Waals surface area (Å²) in [4.78, 5) is 10.2. The highest BCUT2D eigenvalue weighted by Gasteiger charge is 2.07. The molecule has 0 aliphatic heterocycles. The van der Waals surface area contributed by atoms with Crippen LogP contribution in [0, 0.1) is 0 Å². The highest BCUT2D eigenvalue weighted by Crippen LogP contribution is 1.81. The van der Waals surface area contributed by atoms with E-state index in [1.165, 1.54) is 0 Å². The van der Waals surface area contributed by atoms with Crippen molar-refractivity contribution in [1.82, 2.24) is 5.32 Å². The van der Waals surface area contributed by atoms with Gasteiger partial charge in [-0.1, -0.05) is 0 Å². The van der Waals surface area contributed by atoms with Crippen LogP contribution in [0.4, 0.5) is 0 Å². The molecule has 0 saturated carbocycles. The number of carboxylic acids is 1. The third-order valence-corrected chi connectivity index (χ3v) is 1.16. The Morgan fingerprint density at radius 2 is 2.30 bits per heavy atom. The Bertz CT molecular complexity index is 105. The zero-order valence-corrected chi connectivity index (χ0v) is 6.00. The lowest BCUT2D eigenvalue weighted by Crippen LogP contribution is -2.34. The van der Waals surface area contributed by atoms with E-state index in [-0.39, 0.29) is 6.61 Å². The molecule has 0 radical (unpaired) electrons. The van der Waals surface area contributed by atoms with Crippen molar-refractivity contribution in [2.45, 2.75) is 19.4 Å². The molecule has 3 N–H and O–H groups in total. The molecule has 0 aromatic rings. The van der Waals surface area contributed by atoms with Gasteiger partial charge < -0.3 is 15.5 Å². The molecule has 0 fully saturated rings. The van der Waals surface area contributed by atoms with Gasteiger partial charge in [0, 0.05) is 6.61 Å². The van der Waals surface area contributed by atoms with Crippen LogP contribution in [0.2, 0.25) is 0 Å². The second kappa shape index (κ2) is 5.20. The van der Waals surface area contributed by atoms with E-state index in [1.807, 2.05) is 0 Å². The van der Waals surface area contributed by atoms with Crippen LogP contribution >= 0.6 is 0 Å². The van der Waals surface area contributed by atoms with Crippen LogP contribution in [0.3, 0.4) is 0 Å². The first-order chi connectivity index (χ1) is 4.68. The monoisotopic (exact) mass is 147 g/mol. The van der Waals surface area contributed by atoms with Crippen molar-refractivity contribution in [1.29, 1.82) is 0 Å². The van der Waals surface area contributed by atoms with Crippen molar-refractivity contribution in [2.75, 3.05) is 13.2 Å². The summed E-state index contributed by atoms with van der Waals surface area (Å²) in [5.41, 5.74) is 0. The number of carboxylic acid groups (broad SMARTS) is 1. The first kappa shape index (κ1) is 9.39. The fraction of sp³-hybridized carbons (Fsp3) is 0.833. The smallest absolute Gasteiger partial charge is 0.320 e. The minimum atomic E-state index is -0.863. The maximum atomic E-state index is 10.2. The Morgan fingerprint density at radius 3 is 2.70 bits per heavy atom. The largest absolute Gasteiger partial charge is 0.480 e. The van der Waals surface area contributed by atoms with E-state index in [2.05, 4.69) is 5.32 Å². The van der Waals surface area contributed by atoms with Crippen LogP contribution in [0.25, 0.3) is 0 Å². The van der Waals surface area contributed by atoms with Gasteiger partial charge in [-0.25, -0.2) is 0 Å². The first-order valence-electron chi connectivity index (χ1n) is 3.25. The number of rotatable bonds is 5. The van der Waals surface area contributed by atoms with Gasteiger partial charge in [-0.15, -0.1) is 0 Å². The zero-order valence-electron chi connectivity index (χ0n) is 6.00. The van der Waals surface area contributed by atoms with Crippen LogP contribution < -0.4 is 5.32 Å². The van der Waals surface area contributed by atoms with Gasteiger partial charge in [0.2, 0.25) is 0 Å². The molecule has 0 amide bonds. The van der Waals surface area contributed by atoms with Crippen LogP contribution in [-0.4, -0.2) is 35.4 Å². The van der Waals surface area contributed by atoms with Gasteiger partial charge in [-0.3, -0.25) is 4.79 Å². The molecule has 4 heteroatoms. The SMILES string of the molecule is C[C@@H](NCCCO)C(=O)O. The van der Waals surface area contributed by atoms with E-state index >= 15 is 0 Å². The van der Waals surface area contributed by atoms with Crippen molar-refractivity contribution >= 4 is 5.97 Å². The molecule has 0 aliphatic rings. The fourth-order valence-corrected chi connectivity index (χ4v) is 0.485. The third kappa shape index (κ3) is 4.29. The van der Waals surface area contributed by atoms with E-state index in [9.17, 15) is 4.79 Å². The van der Waals surface area contributed by atoms with Crippen molar-refractivity contribution in [3.63, 3.8) is 0 Å². The van der Waals surface area contributed by atoms with Gasteiger partial charge in [0.1, 0.15) is 6.04 Å². The van der Waals surface area contributed by atoms with E-state index in [0.29, 0.717) is 13.0 Å². The Hall–Kier alpha value is -0.610. The summed E-state index contributed by atoms with van der Waals surface area (Å²) in [6.45, 7) is 2.21. The highest BCUT2D eigenvalue weighted by molar-refractivity contribution is 5.72. The lowest BCUT2D eigenvalue weighted by atomic mass is 10.3. The second-order valence-electron chi connectivity index (χ2n) is 2.09. The van der Waals surface area contributed by atoms with Crippen molar-refractivity contribution in [3.05, 3.63) is 0 Å². The lowest BCUT2D eigenvalue weighted by molar-refractivity contribution is -0.139. The van der Waals surface area contributed by atoms with Crippen LogP contribution in [0.1, 0.15) is 13.3 Å². The quantitative estimate of drug-likeness (QED) is 0.455. The molecule has 1 atom stereocenters. The summed E-state index contributed by atoms with van der Waals surface area (Å²) in [5, 5.41) is 19.4. The summed E-state index contributed by atoms with van der Waals surface area (Å²) >= 11 is 0. The average Bonchev–Trinajstić information content (AvgIpc) is 1.88. The minimum Gasteiger partial charge on any atom is -0.480 e. The molecule has 0 rings (SSSR count). The van der Waals surface area contributed by atoms with E-state index in [0.717, 1.165) is 0 Å². The maximum Gasteiger partial charge on any atom is 0.320 e. The van der Waals surface area contributed by atoms with Crippen LogP contribution in [-0.2, 0) is 4.79 Å². The number of hydrogen-bond donors (Lipinski definition) is 3. The molecule has 0 saturated heterocycles. The van der Waals surface area contributed by atoms with Crippen molar-refractivity contribution < 1.29 is 15.0 Å². The molecule has 4 nitrogen and oxygen atoms in total. The molecule has 0 bridgehead atoms. The summed E-state index contributed by atoms with van der Waals surface area (Å²) < 4.78 is 0. The number of carbonyl (C=O) groups is 1. The van der Waals surface area contributed by atoms with E-state index < -0.39 is 12.0 Å². The molecule has 0 aromatic heterocycles. The Morgan fingerprint density at radius 1 is 1.70 bits per heavy atom. The number of aliphatic hydroxyl groups excluding tert-OH is 1. The van der Waals surface area contributed by atoms with Crippen LogP contribution in [0.5, 0.6) is 0 Å². The Balaban J connectivity index is 3.21. The van der Waals surface area contributed by atoms with Gasteiger partial charge >= 0.3 is 5.97 Å². The third-order valence-electron chi connectivity index (χ3n) is 1.16. The van der Waals surface area contributed by atoms with E-state index in [1.54, 1.807) is 6.92 Å². The summed E-state index contributed by atoms with van der Waals surface area (Å²) in [6.07, 6.45) is 0.595. The van der Waals surface area contributed by atoms with E-state index in [4.69, 9.17) is 10.2 Å². The van der Waals surface area contributed by atoms with Gasteiger partial charge in [-0.05, 0) is 19.9 Å². The lowest BCUT2D eigenvalue weighted by Gasteiger charge is -2.06. The first-order valence-corrected chi connectivity index (χ1v) is 3.25. The van der Waals surface area contributed by atoms with Gasteiger partial charge in [0.25, 0.3) is 0 Å². The molecule has 10 heavy (non-hydrogen) atoms. The number of aliphatic carboxylic acids is 1. The molecule has 0 unspecified atom stereocenters. The Kier molecular flexibility index (Phi) is 4.88. The molecular formula is C6H13NO3. The minimum absolute atomic E-state index is 0.0966. The molecule has 0 spiro atoms. The number of aliphatic hydroxyl groups is 1. The molecule has 0 aliphatic carbocycles. The number of nitrogens with one attached hydrogen (secondary N) is 1. The molecule has 60 valence electrons. The van der Waals surface area contributed by atoms with Gasteiger partial charge in [-0.2, -0.15) is 0 Å². The van der Waals surface area contributed by atoms with Gasteiger partial charge in [0.05, 0.1) is 0 Å². The Labute approximate surface area is 59.9 Å². The zero-order chi connectivity index (χ0) is 7.98. The normalized spacial score (nSPS) is 13.0. The highest BCUT2D eigenvalue weighted by atomic mass is 16.4. The van der Waals surface area contributed by atoms with Crippen molar-refractivity contribution in [2.24, 2.45) is 0 Å². The van der Waals surface area contributed by atoms with Gasteiger partial charge in [0.15, 0.2) is 0 Å². The second-order valence-corrected chi connectivity index (χ2v) is 2.09. The summed E-state index contributed by atoms with van der Waals surface area (Å²) in [6, 6.07) is -0.522. The maximum absolute atomic E-state index is 10.2. The average molecular weight is 147 g/mol. The summed E-state index contributed by atoms with van der Waals surface area (Å²) in [5.74, 6) is -0.863. The molecule has 0 aromatic carbocycles. The predicted octanol–water partition coefficient (Wildman–Crippen LogP) is -0.569. The standard InChI is InChI=1S/C6H13NO3/c1-5(6(9)10)7-3-2-4-8/h5,7-8H,2-4H2,1H3,(H,9,10)/t5-/m1/s1. The fourth-order valence-electron chi connectivity index (χ4n) is 0.485.